The van der Waals surface area contributed by atoms with Gasteiger partial charge in [0.15, 0.2) is 0 Å². The zero-order valence-corrected chi connectivity index (χ0v) is 15.1. The van der Waals surface area contributed by atoms with Crippen LogP contribution in [-0.2, 0) is 16.1 Å². The summed E-state index contributed by atoms with van der Waals surface area (Å²) in [6.45, 7) is 5.74. The molecule has 1 aromatic heterocycles. The SMILES string of the molecule is Cc1cccc(Cn2nccc2NC(=O)CN2C[C@@H](C)[C@H](C(=O)O)C2)c1. The van der Waals surface area contributed by atoms with Crippen LogP contribution >= 0.6 is 0 Å². The number of hydrogen-bond acceptors (Lipinski definition) is 4. The normalized spacial score (nSPS) is 20.2. The second-order valence-electron chi connectivity index (χ2n) is 7.03. The lowest BCUT2D eigenvalue weighted by Crippen LogP contribution is -2.33. The Balaban J connectivity index is 1.59. The molecular weight excluding hydrogens is 332 g/mol. The quantitative estimate of drug-likeness (QED) is 0.824. The molecule has 2 N–H and O–H groups in total. The molecule has 0 radical (unpaired) electrons. The fourth-order valence-corrected chi connectivity index (χ4v) is 3.45. The number of aryl methyl sites for hydroxylation is 1. The lowest BCUT2D eigenvalue weighted by atomic mass is 9.99. The Labute approximate surface area is 152 Å². The van der Waals surface area contributed by atoms with E-state index in [2.05, 4.69) is 16.5 Å². The maximum Gasteiger partial charge on any atom is 0.308 e. The molecule has 2 aromatic rings. The molecule has 1 aliphatic rings. The van der Waals surface area contributed by atoms with Crippen LogP contribution in [0.15, 0.2) is 36.5 Å². The Kier molecular flexibility index (Phi) is 5.37. The van der Waals surface area contributed by atoms with Crippen molar-refractivity contribution < 1.29 is 14.7 Å². The number of likely N-dealkylation sites (tertiary alicyclic amines) is 1. The highest BCUT2D eigenvalue weighted by molar-refractivity contribution is 5.91. The number of nitrogens with one attached hydrogen (secondary N) is 1. The molecule has 1 amide bonds. The number of carboxylic acids is 1. The topological polar surface area (TPSA) is 87.5 Å². The van der Waals surface area contributed by atoms with Gasteiger partial charge in [0, 0.05) is 19.2 Å². The second kappa shape index (κ2) is 7.70. The molecule has 0 aliphatic carbocycles. The van der Waals surface area contributed by atoms with E-state index in [-0.39, 0.29) is 18.4 Å². The van der Waals surface area contributed by atoms with Gasteiger partial charge in [0.25, 0.3) is 0 Å². The van der Waals surface area contributed by atoms with Gasteiger partial charge < -0.3 is 10.4 Å². The summed E-state index contributed by atoms with van der Waals surface area (Å²) < 4.78 is 1.75. The zero-order valence-electron chi connectivity index (χ0n) is 15.1. The average Bonchev–Trinajstić information content (AvgIpc) is 3.14. The lowest BCUT2D eigenvalue weighted by molar-refractivity contribution is -0.142. The molecule has 7 heteroatoms. The Hall–Kier alpha value is -2.67. The predicted molar refractivity (Wildman–Crippen MR) is 97.9 cm³/mol. The number of aromatic nitrogens is 2. The van der Waals surface area contributed by atoms with Gasteiger partial charge >= 0.3 is 5.97 Å². The first-order valence-electron chi connectivity index (χ1n) is 8.74. The molecular formula is C19H24N4O3. The molecule has 2 atom stereocenters. The number of carbonyl (C=O) groups excluding carboxylic acids is 1. The molecule has 1 fully saturated rings. The highest BCUT2D eigenvalue weighted by Crippen LogP contribution is 2.23. The third kappa shape index (κ3) is 4.29. The highest BCUT2D eigenvalue weighted by atomic mass is 16.4. The first-order valence-corrected chi connectivity index (χ1v) is 8.74. The molecule has 0 saturated carbocycles. The number of rotatable bonds is 6. The van der Waals surface area contributed by atoms with Gasteiger partial charge in [-0.3, -0.25) is 14.5 Å². The van der Waals surface area contributed by atoms with Gasteiger partial charge in [0.2, 0.25) is 5.91 Å². The fraction of sp³-hybridized carbons (Fsp3) is 0.421. The lowest BCUT2D eigenvalue weighted by Gasteiger charge is -2.15. The Bertz CT molecular complexity index is 802. The van der Waals surface area contributed by atoms with Crippen molar-refractivity contribution in [2.45, 2.75) is 20.4 Å². The zero-order chi connectivity index (χ0) is 18.7. The van der Waals surface area contributed by atoms with Crippen molar-refractivity contribution in [3.63, 3.8) is 0 Å². The van der Waals surface area contributed by atoms with Crippen molar-refractivity contribution >= 4 is 17.7 Å². The average molecular weight is 356 g/mol. The van der Waals surface area contributed by atoms with E-state index in [9.17, 15) is 14.7 Å². The summed E-state index contributed by atoms with van der Waals surface area (Å²) in [7, 11) is 0. The van der Waals surface area contributed by atoms with Crippen LogP contribution < -0.4 is 5.32 Å². The van der Waals surface area contributed by atoms with Crippen molar-refractivity contribution in [3.05, 3.63) is 47.7 Å². The third-order valence-electron chi connectivity index (χ3n) is 4.77. The summed E-state index contributed by atoms with van der Waals surface area (Å²) in [4.78, 5) is 25.5. The van der Waals surface area contributed by atoms with Crippen LogP contribution in [-0.4, -0.2) is 51.3 Å². The van der Waals surface area contributed by atoms with Crippen LogP contribution in [0.1, 0.15) is 18.1 Å². The molecule has 1 aliphatic heterocycles. The smallest absolute Gasteiger partial charge is 0.308 e. The van der Waals surface area contributed by atoms with Gasteiger partial charge in [-0.15, -0.1) is 0 Å². The molecule has 1 saturated heterocycles. The summed E-state index contributed by atoms with van der Waals surface area (Å²) >= 11 is 0. The fourth-order valence-electron chi connectivity index (χ4n) is 3.45. The van der Waals surface area contributed by atoms with E-state index >= 15 is 0 Å². The van der Waals surface area contributed by atoms with Crippen LogP contribution in [0.4, 0.5) is 5.82 Å². The van der Waals surface area contributed by atoms with E-state index in [1.807, 2.05) is 36.9 Å². The standard InChI is InChI=1S/C19H24N4O3/c1-13-4-3-5-15(8-13)10-23-17(6-7-20-23)21-18(24)12-22-9-14(2)16(11-22)19(25)26/h3-8,14,16H,9-12H2,1-2H3,(H,21,24)(H,25,26)/t14-,16-/m1/s1. The van der Waals surface area contributed by atoms with Crippen LogP contribution in [0, 0.1) is 18.8 Å². The predicted octanol–water partition coefficient (Wildman–Crippen LogP) is 1.83. The summed E-state index contributed by atoms with van der Waals surface area (Å²) in [6.07, 6.45) is 1.66. The number of amides is 1. The number of carbonyl (C=O) groups is 2. The number of benzene rings is 1. The largest absolute Gasteiger partial charge is 0.481 e. The van der Waals surface area contributed by atoms with Crippen molar-refractivity contribution in [1.82, 2.24) is 14.7 Å². The van der Waals surface area contributed by atoms with E-state index < -0.39 is 11.9 Å². The molecule has 0 bridgehead atoms. The minimum Gasteiger partial charge on any atom is -0.481 e. The van der Waals surface area contributed by atoms with Crippen molar-refractivity contribution in [1.29, 1.82) is 0 Å². The number of hydrogen-bond donors (Lipinski definition) is 2. The molecule has 0 spiro atoms. The van der Waals surface area contributed by atoms with E-state index in [4.69, 9.17) is 0 Å². The Morgan fingerprint density at radius 3 is 2.81 bits per heavy atom. The summed E-state index contributed by atoms with van der Waals surface area (Å²) in [5.74, 6) is -0.675. The van der Waals surface area contributed by atoms with E-state index in [0.29, 0.717) is 25.5 Å². The van der Waals surface area contributed by atoms with Crippen LogP contribution in [0.25, 0.3) is 0 Å². The van der Waals surface area contributed by atoms with Gasteiger partial charge in [-0.05, 0) is 18.4 Å². The first-order chi connectivity index (χ1) is 12.4. The monoisotopic (exact) mass is 356 g/mol. The van der Waals surface area contributed by atoms with Crippen LogP contribution in [0.3, 0.4) is 0 Å². The first kappa shape index (κ1) is 18.1. The van der Waals surface area contributed by atoms with Gasteiger partial charge in [-0.25, -0.2) is 4.68 Å². The maximum absolute atomic E-state index is 12.4. The maximum atomic E-state index is 12.4. The minimum absolute atomic E-state index is 0.0483. The van der Waals surface area contributed by atoms with Gasteiger partial charge in [-0.1, -0.05) is 36.8 Å². The minimum atomic E-state index is -0.795. The van der Waals surface area contributed by atoms with Gasteiger partial charge in [0.05, 0.1) is 25.2 Å². The molecule has 3 rings (SSSR count). The summed E-state index contributed by atoms with van der Waals surface area (Å²) in [5, 5.41) is 16.4. The second-order valence-corrected chi connectivity index (χ2v) is 7.03. The third-order valence-corrected chi connectivity index (χ3v) is 4.77. The molecule has 26 heavy (non-hydrogen) atoms. The Morgan fingerprint density at radius 1 is 1.31 bits per heavy atom. The van der Waals surface area contributed by atoms with E-state index in [1.54, 1.807) is 16.9 Å². The number of carboxylic acid groups (broad SMARTS) is 1. The van der Waals surface area contributed by atoms with Gasteiger partial charge in [-0.2, -0.15) is 5.10 Å². The molecule has 0 unspecified atom stereocenters. The van der Waals surface area contributed by atoms with E-state index in [1.165, 1.54) is 5.56 Å². The number of anilines is 1. The molecule has 2 heterocycles. The molecule has 1 aromatic carbocycles. The van der Waals surface area contributed by atoms with Crippen LogP contribution in [0.2, 0.25) is 0 Å². The van der Waals surface area contributed by atoms with Crippen molar-refractivity contribution in [2.75, 3.05) is 25.0 Å². The number of nitrogens with zero attached hydrogens (tertiary/aromatic N) is 3. The molecule has 7 nitrogen and oxygen atoms in total. The van der Waals surface area contributed by atoms with Crippen molar-refractivity contribution in [2.24, 2.45) is 11.8 Å². The summed E-state index contributed by atoms with van der Waals surface area (Å²) in [5.41, 5.74) is 2.29. The summed E-state index contributed by atoms with van der Waals surface area (Å²) in [6, 6.07) is 9.92. The van der Waals surface area contributed by atoms with Crippen molar-refractivity contribution in [3.8, 4) is 0 Å². The van der Waals surface area contributed by atoms with Crippen LogP contribution in [0.5, 0.6) is 0 Å². The highest BCUT2D eigenvalue weighted by Gasteiger charge is 2.35. The Morgan fingerprint density at radius 2 is 2.12 bits per heavy atom. The number of aliphatic carboxylic acids is 1. The van der Waals surface area contributed by atoms with E-state index in [0.717, 1.165) is 5.56 Å². The molecule has 138 valence electrons. The van der Waals surface area contributed by atoms with Gasteiger partial charge in [0.1, 0.15) is 5.82 Å².